The first-order valence-electron chi connectivity index (χ1n) is 8.31. The van der Waals surface area contributed by atoms with Crippen molar-refractivity contribution in [2.75, 3.05) is 32.8 Å². The number of halogens is 2. The maximum atomic E-state index is 6.17. The van der Waals surface area contributed by atoms with E-state index in [9.17, 15) is 0 Å². The van der Waals surface area contributed by atoms with E-state index in [1.54, 1.807) is 0 Å². The van der Waals surface area contributed by atoms with Gasteiger partial charge in [0.25, 0.3) is 0 Å². The molecule has 1 aliphatic rings. The predicted molar refractivity (Wildman–Crippen MR) is 113 cm³/mol. The minimum absolute atomic E-state index is 0. The van der Waals surface area contributed by atoms with E-state index >= 15 is 0 Å². The Balaban J connectivity index is 0.00000288. The van der Waals surface area contributed by atoms with E-state index in [4.69, 9.17) is 16.3 Å². The van der Waals surface area contributed by atoms with Gasteiger partial charge in [0, 0.05) is 24.7 Å². The summed E-state index contributed by atoms with van der Waals surface area (Å²) < 4.78 is 5.33. The summed E-state index contributed by atoms with van der Waals surface area (Å²) in [6.07, 6.45) is 5.12. The molecule has 0 aromatic heterocycles. The molecule has 4 nitrogen and oxygen atoms in total. The molecule has 1 heterocycles. The summed E-state index contributed by atoms with van der Waals surface area (Å²) in [4.78, 5) is 4.62. The number of ether oxygens (including phenoxy) is 1. The summed E-state index contributed by atoms with van der Waals surface area (Å²) in [6, 6.07) is 7.93. The third kappa shape index (κ3) is 7.85. The molecule has 0 aliphatic carbocycles. The molecule has 134 valence electrons. The summed E-state index contributed by atoms with van der Waals surface area (Å²) >= 11 is 6.17. The van der Waals surface area contributed by atoms with Crippen molar-refractivity contribution in [1.82, 2.24) is 10.6 Å². The molecule has 0 saturated heterocycles. The third-order valence-corrected chi connectivity index (χ3v) is 4.12. The maximum Gasteiger partial charge on any atom is 0.191 e. The Bertz CT molecular complexity index is 549. The summed E-state index contributed by atoms with van der Waals surface area (Å²) in [5, 5.41) is 7.49. The van der Waals surface area contributed by atoms with Gasteiger partial charge in [-0.1, -0.05) is 41.4 Å². The molecule has 2 N–H and O–H groups in total. The van der Waals surface area contributed by atoms with Gasteiger partial charge in [0.05, 0.1) is 13.2 Å². The van der Waals surface area contributed by atoms with Gasteiger partial charge in [0.2, 0.25) is 0 Å². The van der Waals surface area contributed by atoms with E-state index in [1.807, 2.05) is 18.2 Å². The van der Waals surface area contributed by atoms with E-state index in [2.05, 4.69) is 34.7 Å². The normalized spacial score (nSPS) is 14.6. The van der Waals surface area contributed by atoms with E-state index in [0.29, 0.717) is 0 Å². The van der Waals surface area contributed by atoms with Crippen LogP contribution in [0.2, 0.25) is 5.02 Å². The van der Waals surface area contributed by atoms with Gasteiger partial charge in [-0.25, -0.2) is 0 Å². The first-order valence-corrected chi connectivity index (χ1v) is 8.68. The highest BCUT2D eigenvalue weighted by Gasteiger charge is 2.04. The first kappa shape index (κ1) is 21.3. The minimum atomic E-state index is 0. The summed E-state index contributed by atoms with van der Waals surface area (Å²) in [5.41, 5.74) is 2.61. The number of rotatable bonds is 7. The van der Waals surface area contributed by atoms with Crippen molar-refractivity contribution in [3.8, 4) is 0 Å². The Morgan fingerprint density at radius 2 is 2.08 bits per heavy atom. The highest BCUT2D eigenvalue weighted by Crippen LogP contribution is 2.15. The van der Waals surface area contributed by atoms with Crippen LogP contribution < -0.4 is 10.6 Å². The summed E-state index contributed by atoms with van der Waals surface area (Å²) in [5.74, 6) is 0.868. The SMILES string of the molecule is CCNC(=NCCc1ccccc1Cl)NCCC1=CCOCC1.I. The number of hydrogen-bond acceptors (Lipinski definition) is 2. The average Bonchev–Trinajstić information content (AvgIpc) is 2.57. The van der Waals surface area contributed by atoms with Crippen LogP contribution in [0.15, 0.2) is 40.9 Å². The molecular formula is C18H27ClIN3O. The molecule has 24 heavy (non-hydrogen) atoms. The molecule has 0 atom stereocenters. The van der Waals surface area contributed by atoms with Crippen LogP contribution in [0.25, 0.3) is 0 Å². The Kier molecular flexibility index (Phi) is 11.1. The Morgan fingerprint density at radius 3 is 2.79 bits per heavy atom. The summed E-state index contributed by atoms with van der Waals surface area (Å²) in [6.45, 7) is 6.14. The lowest BCUT2D eigenvalue weighted by Crippen LogP contribution is -2.38. The van der Waals surface area contributed by atoms with Gasteiger partial charge in [-0.3, -0.25) is 4.99 Å². The second-order valence-corrected chi connectivity index (χ2v) is 5.87. The van der Waals surface area contributed by atoms with E-state index in [1.165, 1.54) is 5.57 Å². The van der Waals surface area contributed by atoms with Gasteiger partial charge in [-0.05, 0) is 37.8 Å². The molecule has 1 aromatic rings. The molecule has 0 amide bonds. The molecule has 0 saturated carbocycles. The van der Waals surface area contributed by atoms with Crippen molar-refractivity contribution < 1.29 is 4.74 Å². The van der Waals surface area contributed by atoms with Gasteiger partial charge in [0.15, 0.2) is 5.96 Å². The van der Waals surface area contributed by atoms with Crippen molar-refractivity contribution >= 4 is 41.5 Å². The third-order valence-electron chi connectivity index (χ3n) is 3.75. The molecule has 0 radical (unpaired) electrons. The molecule has 0 bridgehead atoms. The lowest BCUT2D eigenvalue weighted by Gasteiger charge is -2.15. The van der Waals surface area contributed by atoms with Crippen LogP contribution >= 0.6 is 35.6 Å². The Labute approximate surface area is 167 Å². The average molecular weight is 464 g/mol. The molecule has 6 heteroatoms. The second kappa shape index (κ2) is 12.6. The van der Waals surface area contributed by atoms with Gasteiger partial charge < -0.3 is 15.4 Å². The zero-order chi connectivity index (χ0) is 16.3. The van der Waals surface area contributed by atoms with E-state index < -0.39 is 0 Å². The van der Waals surface area contributed by atoms with Crippen LogP contribution in [0.1, 0.15) is 25.3 Å². The van der Waals surface area contributed by atoms with Gasteiger partial charge in [-0.15, -0.1) is 24.0 Å². The van der Waals surface area contributed by atoms with Crippen LogP contribution in [0.3, 0.4) is 0 Å². The predicted octanol–water partition coefficient (Wildman–Crippen LogP) is 3.79. The molecule has 2 rings (SSSR count). The highest BCUT2D eigenvalue weighted by molar-refractivity contribution is 14.0. The van der Waals surface area contributed by atoms with Gasteiger partial charge in [-0.2, -0.15) is 0 Å². The van der Waals surface area contributed by atoms with E-state index in [-0.39, 0.29) is 24.0 Å². The fourth-order valence-corrected chi connectivity index (χ4v) is 2.70. The lowest BCUT2D eigenvalue weighted by molar-refractivity contribution is 0.153. The molecule has 1 aromatic carbocycles. The smallest absolute Gasteiger partial charge is 0.191 e. The minimum Gasteiger partial charge on any atom is -0.377 e. The van der Waals surface area contributed by atoms with Crippen LogP contribution in [0.5, 0.6) is 0 Å². The number of nitrogens with one attached hydrogen (secondary N) is 2. The zero-order valence-electron chi connectivity index (χ0n) is 14.2. The van der Waals surface area contributed by atoms with Crippen LogP contribution in [-0.2, 0) is 11.2 Å². The molecule has 0 unspecified atom stereocenters. The van der Waals surface area contributed by atoms with Crippen molar-refractivity contribution in [1.29, 1.82) is 0 Å². The quantitative estimate of drug-likeness (QED) is 0.280. The summed E-state index contributed by atoms with van der Waals surface area (Å²) in [7, 11) is 0. The molecule has 0 fully saturated rings. The fourth-order valence-electron chi connectivity index (χ4n) is 2.47. The lowest BCUT2D eigenvalue weighted by atomic mass is 10.1. The monoisotopic (exact) mass is 463 g/mol. The van der Waals surface area contributed by atoms with Gasteiger partial charge >= 0.3 is 0 Å². The zero-order valence-corrected chi connectivity index (χ0v) is 17.3. The highest BCUT2D eigenvalue weighted by atomic mass is 127. The standard InChI is InChI=1S/C18H26ClN3O.HI/c1-2-20-18(21-11-7-15-9-13-23-14-10-15)22-12-8-16-5-3-4-6-17(16)19;/h3-6,9H,2,7-8,10-14H2,1H3,(H2,20,21,22);1H. The number of guanidine groups is 1. The van der Waals surface area contributed by atoms with Crippen LogP contribution in [0, 0.1) is 0 Å². The number of aliphatic imine (C=N–C) groups is 1. The van der Waals surface area contributed by atoms with Crippen LogP contribution in [-0.4, -0.2) is 38.8 Å². The van der Waals surface area contributed by atoms with E-state index in [0.717, 1.165) is 68.7 Å². The number of hydrogen-bond donors (Lipinski definition) is 2. The Morgan fingerprint density at radius 1 is 1.25 bits per heavy atom. The fraction of sp³-hybridized carbons (Fsp3) is 0.500. The maximum absolute atomic E-state index is 6.17. The molecular weight excluding hydrogens is 437 g/mol. The van der Waals surface area contributed by atoms with Crippen LogP contribution in [0.4, 0.5) is 0 Å². The molecule has 0 spiro atoms. The van der Waals surface area contributed by atoms with Crippen molar-refractivity contribution in [2.45, 2.75) is 26.2 Å². The topological polar surface area (TPSA) is 45.7 Å². The van der Waals surface area contributed by atoms with Crippen molar-refractivity contribution in [2.24, 2.45) is 4.99 Å². The number of nitrogens with zero attached hydrogens (tertiary/aromatic N) is 1. The van der Waals surface area contributed by atoms with Gasteiger partial charge in [0.1, 0.15) is 0 Å². The second-order valence-electron chi connectivity index (χ2n) is 5.47. The first-order chi connectivity index (χ1) is 11.3. The van der Waals surface area contributed by atoms with Crippen molar-refractivity contribution in [3.05, 3.63) is 46.5 Å². The van der Waals surface area contributed by atoms with Crippen molar-refractivity contribution in [3.63, 3.8) is 0 Å². The Hall–Kier alpha value is -0.790. The molecule has 1 aliphatic heterocycles. The number of benzene rings is 1. The largest absolute Gasteiger partial charge is 0.377 e.